The van der Waals surface area contributed by atoms with E-state index in [9.17, 15) is 0 Å². The van der Waals surface area contributed by atoms with E-state index in [1.165, 1.54) is 0 Å². The first-order valence-corrected chi connectivity index (χ1v) is 6.49. The van der Waals surface area contributed by atoms with Crippen LogP contribution in [0.15, 0.2) is 12.1 Å². The molecule has 0 bridgehead atoms. The number of hydrogen-bond donors (Lipinski definition) is 1. The van der Waals surface area contributed by atoms with Crippen molar-refractivity contribution in [1.29, 1.82) is 0 Å². The van der Waals surface area contributed by atoms with Gasteiger partial charge in [0.15, 0.2) is 0 Å². The van der Waals surface area contributed by atoms with Gasteiger partial charge in [0, 0.05) is 17.1 Å². The maximum atomic E-state index is 6.17. The molecule has 0 aromatic heterocycles. The molecule has 1 unspecified atom stereocenters. The molecule has 1 aromatic rings. The molecule has 0 saturated carbocycles. The quantitative estimate of drug-likeness (QED) is 0.863. The zero-order valence-electron chi connectivity index (χ0n) is 10.5. The molecule has 0 aliphatic rings. The second kappa shape index (κ2) is 6.48. The first-order chi connectivity index (χ1) is 7.95. The van der Waals surface area contributed by atoms with Crippen LogP contribution in [0.3, 0.4) is 0 Å². The molecule has 0 fully saturated rings. The van der Waals surface area contributed by atoms with Gasteiger partial charge in [0.2, 0.25) is 0 Å². The number of nitrogens with two attached hydrogens (primary N) is 1. The lowest BCUT2D eigenvalue weighted by molar-refractivity contribution is 0.414. The minimum absolute atomic E-state index is 0.0756. The van der Waals surface area contributed by atoms with Crippen molar-refractivity contribution in [2.45, 2.75) is 32.7 Å². The van der Waals surface area contributed by atoms with E-state index in [1.807, 2.05) is 0 Å². The van der Waals surface area contributed by atoms with Gasteiger partial charge in [-0.1, -0.05) is 37.0 Å². The van der Waals surface area contributed by atoms with E-state index in [1.54, 1.807) is 19.2 Å². The molecule has 0 aliphatic heterocycles. The van der Waals surface area contributed by atoms with E-state index in [4.69, 9.17) is 33.7 Å². The smallest absolute Gasteiger partial charge is 0.138 e. The molecule has 2 nitrogen and oxygen atoms in total. The normalized spacial score (nSPS) is 12.9. The average molecular weight is 276 g/mol. The largest absolute Gasteiger partial charge is 0.495 e. The average Bonchev–Trinajstić information content (AvgIpc) is 2.28. The number of methoxy groups -OCH3 is 1. The van der Waals surface area contributed by atoms with Gasteiger partial charge in [0.1, 0.15) is 5.75 Å². The lowest BCUT2D eigenvalue weighted by Gasteiger charge is -2.16. The van der Waals surface area contributed by atoms with Gasteiger partial charge in [-0.05, 0) is 30.4 Å². The molecule has 4 heteroatoms. The summed E-state index contributed by atoms with van der Waals surface area (Å²) in [5.74, 6) is 1.21. The summed E-state index contributed by atoms with van der Waals surface area (Å²) in [6.07, 6.45) is 1.97. The molecule has 1 rings (SSSR count). The minimum Gasteiger partial charge on any atom is -0.495 e. The third kappa shape index (κ3) is 4.06. The summed E-state index contributed by atoms with van der Waals surface area (Å²) in [6.45, 7) is 4.35. The van der Waals surface area contributed by atoms with Gasteiger partial charge in [-0.2, -0.15) is 0 Å². The molecule has 0 aliphatic carbocycles. The van der Waals surface area contributed by atoms with Gasteiger partial charge < -0.3 is 10.5 Å². The van der Waals surface area contributed by atoms with Crippen molar-refractivity contribution in [3.05, 3.63) is 27.7 Å². The van der Waals surface area contributed by atoms with Crippen LogP contribution < -0.4 is 10.5 Å². The number of hydrogen-bond acceptors (Lipinski definition) is 2. The number of benzene rings is 1. The topological polar surface area (TPSA) is 35.2 Å². The Morgan fingerprint density at radius 2 is 1.82 bits per heavy atom. The Hall–Kier alpha value is -0.440. The summed E-state index contributed by atoms with van der Waals surface area (Å²) in [5, 5.41) is 1.16. The molecule has 96 valence electrons. The van der Waals surface area contributed by atoms with Crippen LogP contribution in [0.5, 0.6) is 5.75 Å². The predicted octanol–water partition coefficient (Wildman–Crippen LogP) is 4.44. The molecular formula is C13H19Cl2NO. The highest BCUT2D eigenvalue weighted by Gasteiger charge is 2.14. The predicted molar refractivity (Wildman–Crippen MR) is 74.0 cm³/mol. The summed E-state index contributed by atoms with van der Waals surface area (Å²) in [7, 11) is 1.57. The maximum Gasteiger partial charge on any atom is 0.138 e. The molecule has 0 spiro atoms. The molecule has 0 amide bonds. The highest BCUT2D eigenvalue weighted by atomic mass is 35.5. The molecule has 17 heavy (non-hydrogen) atoms. The highest BCUT2D eigenvalue weighted by Crippen LogP contribution is 2.34. The first kappa shape index (κ1) is 14.6. The standard InChI is InChI=1S/C13H19Cl2NO/c1-8(2)4-5-12(16)9-6-11(15)13(17-3)7-10(9)14/h6-8,12H,4-5,16H2,1-3H3. The Labute approximate surface area is 113 Å². The summed E-state index contributed by atoms with van der Waals surface area (Å²) in [5.41, 5.74) is 7.01. The van der Waals surface area contributed by atoms with Crippen LogP contribution >= 0.6 is 23.2 Å². The molecule has 1 aromatic carbocycles. The lowest BCUT2D eigenvalue weighted by Crippen LogP contribution is -2.12. The number of halogens is 2. The van der Waals surface area contributed by atoms with E-state index in [0.29, 0.717) is 21.7 Å². The van der Waals surface area contributed by atoms with Crippen LogP contribution in [0.1, 0.15) is 38.3 Å². The summed E-state index contributed by atoms with van der Waals surface area (Å²) < 4.78 is 5.10. The van der Waals surface area contributed by atoms with Crippen LogP contribution in [0.2, 0.25) is 10.0 Å². The van der Waals surface area contributed by atoms with Gasteiger partial charge in [0.25, 0.3) is 0 Å². The summed E-state index contributed by atoms with van der Waals surface area (Å²) in [6, 6.07) is 3.44. The lowest BCUT2D eigenvalue weighted by atomic mass is 9.98. The van der Waals surface area contributed by atoms with Crippen LogP contribution in [0, 0.1) is 5.92 Å². The van der Waals surface area contributed by atoms with E-state index in [0.717, 1.165) is 18.4 Å². The fourth-order valence-electron chi connectivity index (χ4n) is 1.65. The van der Waals surface area contributed by atoms with Crippen molar-refractivity contribution in [3.8, 4) is 5.75 Å². The molecular weight excluding hydrogens is 257 g/mol. The Morgan fingerprint density at radius 1 is 1.18 bits per heavy atom. The second-order valence-electron chi connectivity index (χ2n) is 4.59. The maximum absolute atomic E-state index is 6.17. The van der Waals surface area contributed by atoms with Crippen molar-refractivity contribution in [2.75, 3.05) is 7.11 Å². The van der Waals surface area contributed by atoms with Crippen LogP contribution in [-0.4, -0.2) is 7.11 Å². The van der Waals surface area contributed by atoms with Crippen molar-refractivity contribution < 1.29 is 4.74 Å². The molecule has 0 heterocycles. The molecule has 0 radical (unpaired) electrons. The minimum atomic E-state index is -0.0756. The van der Waals surface area contributed by atoms with Crippen LogP contribution in [-0.2, 0) is 0 Å². The van der Waals surface area contributed by atoms with Crippen molar-refractivity contribution in [1.82, 2.24) is 0 Å². The third-order valence-electron chi connectivity index (χ3n) is 2.73. The first-order valence-electron chi connectivity index (χ1n) is 5.74. The van der Waals surface area contributed by atoms with Crippen molar-refractivity contribution in [3.63, 3.8) is 0 Å². The number of rotatable bonds is 5. The van der Waals surface area contributed by atoms with Crippen molar-refractivity contribution >= 4 is 23.2 Å². The van der Waals surface area contributed by atoms with Gasteiger partial charge >= 0.3 is 0 Å². The van der Waals surface area contributed by atoms with Crippen LogP contribution in [0.4, 0.5) is 0 Å². The fraction of sp³-hybridized carbons (Fsp3) is 0.538. The second-order valence-corrected chi connectivity index (χ2v) is 5.40. The zero-order chi connectivity index (χ0) is 13.0. The van der Waals surface area contributed by atoms with E-state index in [-0.39, 0.29) is 6.04 Å². The van der Waals surface area contributed by atoms with E-state index < -0.39 is 0 Å². The van der Waals surface area contributed by atoms with Gasteiger partial charge in [-0.25, -0.2) is 0 Å². The zero-order valence-corrected chi connectivity index (χ0v) is 12.0. The Morgan fingerprint density at radius 3 is 2.35 bits per heavy atom. The molecule has 0 saturated heterocycles. The third-order valence-corrected chi connectivity index (χ3v) is 3.35. The Bertz CT molecular complexity index is 380. The SMILES string of the molecule is COc1cc(Cl)c(C(N)CCC(C)C)cc1Cl. The van der Waals surface area contributed by atoms with Crippen molar-refractivity contribution in [2.24, 2.45) is 11.7 Å². The van der Waals surface area contributed by atoms with Gasteiger partial charge in [0.05, 0.1) is 12.1 Å². The fourth-order valence-corrected chi connectivity index (χ4v) is 2.20. The monoisotopic (exact) mass is 275 g/mol. The molecule has 1 atom stereocenters. The Kier molecular flexibility index (Phi) is 5.57. The highest BCUT2D eigenvalue weighted by molar-refractivity contribution is 6.34. The van der Waals surface area contributed by atoms with Gasteiger partial charge in [-0.15, -0.1) is 0 Å². The Balaban J connectivity index is 2.86. The van der Waals surface area contributed by atoms with E-state index >= 15 is 0 Å². The summed E-state index contributed by atoms with van der Waals surface area (Å²) >= 11 is 12.2. The summed E-state index contributed by atoms with van der Waals surface area (Å²) in [4.78, 5) is 0. The van der Waals surface area contributed by atoms with Crippen LogP contribution in [0.25, 0.3) is 0 Å². The molecule has 2 N–H and O–H groups in total. The van der Waals surface area contributed by atoms with Gasteiger partial charge in [-0.3, -0.25) is 0 Å². The number of ether oxygens (including phenoxy) is 1. The van der Waals surface area contributed by atoms with E-state index in [2.05, 4.69) is 13.8 Å².